The van der Waals surface area contributed by atoms with Gasteiger partial charge in [0, 0.05) is 42.6 Å². The standard InChI is InChI=1S/C29H29ClFN3O4S/c1-19-29(13-15-33(16-14-29)20(2)35)23-17-21(28(36)32-18-22-7-3-4-8-24(22)30)11-12-26(23)34(19)39(37,38)27-10-6-5-9-25(27)31/h3-12,17,19H,13-16,18H2,1-2H3,(H,32,36). The molecule has 0 saturated carbocycles. The molecular weight excluding hydrogens is 541 g/mol. The van der Waals surface area contributed by atoms with Crippen molar-refractivity contribution in [2.45, 2.75) is 49.6 Å². The lowest BCUT2D eigenvalue weighted by atomic mass is 9.70. The fourth-order valence-electron chi connectivity index (χ4n) is 5.85. The van der Waals surface area contributed by atoms with Crippen molar-refractivity contribution in [1.29, 1.82) is 0 Å². The Morgan fingerprint density at radius 2 is 1.72 bits per heavy atom. The third-order valence-electron chi connectivity index (χ3n) is 8.06. The van der Waals surface area contributed by atoms with Crippen LogP contribution in [0.25, 0.3) is 0 Å². The number of fused-ring (bicyclic) bond motifs is 2. The number of nitrogens with one attached hydrogen (secondary N) is 1. The van der Waals surface area contributed by atoms with Gasteiger partial charge in [0.25, 0.3) is 15.9 Å². The monoisotopic (exact) mass is 569 g/mol. The number of carbonyl (C=O) groups excluding carboxylic acids is 2. The maximum absolute atomic E-state index is 14.7. The number of likely N-dealkylation sites (tertiary alicyclic amines) is 1. The van der Waals surface area contributed by atoms with Crippen molar-refractivity contribution in [2.75, 3.05) is 17.4 Å². The first-order chi connectivity index (χ1) is 18.6. The van der Waals surface area contributed by atoms with Crippen molar-refractivity contribution in [2.24, 2.45) is 0 Å². The first-order valence-corrected chi connectivity index (χ1v) is 14.6. The van der Waals surface area contributed by atoms with E-state index >= 15 is 0 Å². The number of benzene rings is 3. The van der Waals surface area contributed by atoms with Crippen LogP contribution in [0.1, 0.15) is 48.2 Å². The third-order valence-corrected chi connectivity index (χ3v) is 10.3. The summed E-state index contributed by atoms with van der Waals surface area (Å²) in [6.07, 6.45) is 1.02. The molecule has 3 aromatic rings. The van der Waals surface area contributed by atoms with Crippen molar-refractivity contribution < 1.29 is 22.4 Å². The van der Waals surface area contributed by atoms with E-state index in [-0.39, 0.29) is 18.4 Å². The molecule has 2 amide bonds. The molecule has 39 heavy (non-hydrogen) atoms. The van der Waals surface area contributed by atoms with E-state index in [9.17, 15) is 22.4 Å². The molecule has 1 spiro atoms. The lowest BCUT2D eigenvalue weighted by Crippen LogP contribution is -2.52. The molecule has 0 aliphatic carbocycles. The van der Waals surface area contributed by atoms with Gasteiger partial charge in [0.2, 0.25) is 5.91 Å². The summed E-state index contributed by atoms with van der Waals surface area (Å²) >= 11 is 6.23. The largest absolute Gasteiger partial charge is 0.348 e. The zero-order valence-corrected chi connectivity index (χ0v) is 23.2. The summed E-state index contributed by atoms with van der Waals surface area (Å²) in [7, 11) is -4.26. The van der Waals surface area contributed by atoms with Crippen LogP contribution < -0.4 is 9.62 Å². The number of nitrogens with zero attached hydrogens (tertiary/aromatic N) is 2. The minimum atomic E-state index is -4.26. The van der Waals surface area contributed by atoms with E-state index in [1.165, 1.54) is 29.4 Å². The second kappa shape index (κ2) is 10.3. The van der Waals surface area contributed by atoms with Gasteiger partial charge in [-0.2, -0.15) is 0 Å². The predicted octanol–water partition coefficient (Wildman–Crippen LogP) is 4.89. The topological polar surface area (TPSA) is 86.8 Å². The van der Waals surface area contributed by atoms with Crippen LogP contribution in [0, 0.1) is 5.82 Å². The molecular formula is C29H29ClFN3O4S. The van der Waals surface area contributed by atoms with Gasteiger partial charge in [-0.05, 0) is 67.3 Å². The Bertz CT molecular complexity index is 1550. The molecule has 0 bridgehead atoms. The molecule has 2 heterocycles. The minimum Gasteiger partial charge on any atom is -0.348 e. The lowest BCUT2D eigenvalue weighted by Gasteiger charge is -2.43. The van der Waals surface area contributed by atoms with Crippen LogP contribution in [0.4, 0.5) is 10.1 Å². The molecule has 3 aromatic carbocycles. The first kappa shape index (κ1) is 27.1. The Kier molecular flexibility index (Phi) is 7.15. The van der Waals surface area contributed by atoms with Crippen LogP contribution in [0.15, 0.2) is 71.6 Å². The Hall–Kier alpha value is -3.43. The van der Waals surface area contributed by atoms with Gasteiger partial charge in [0.1, 0.15) is 10.7 Å². The highest BCUT2D eigenvalue weighted by molar-refractivity contribution is 7.93. The van der Waals surface area contributed by atoms with Gasteiger partial charge >= 0.3 is 0 Å². The second-order valence-electron chi connectivity index (χ2n) is 10.1. The summed E-state index contributed by atoms with van der Waals surface area (Å²) in [6.45, 7) is 4.48. The number of rotatable bonds is 5. The van der Waals surface area contributed by atoms with Crippen molar-refractivity contribution in [3.05, 3.63) is 94.3 Å². The number of sulfonamides is 1. The summed E-state index contributed by atoms with van der Waals surface area (Å²) in [5.74, 6) is -1.19. The molecule has 7 nitrogen and oxygen atoms in total. The zero-order valence-electron chi connectivity index (χ0n) is 21.7. The third kappa shape index (κ3) is 4.67. The van der Waals surface area contributed by atoms with Crippen LogP contribution in [0.5, 0.6) is 0 Å². The van der Waals surface area contributed by atoms with E-state index in [0.717, 1.165) is 11.6 Å². The second-order valence-corrected chi connectivity index (χ2v) is 12.3. The molecule has 2 aliphatic heterocycles. The Morgan fingerprint density at radius 1 is 1.05 bits per heavy atom. The number of hydrogen-bond acceptors (Lipinski definition) is 4. The summed E-state index contributed by atoms with van der Waals surface area (Å²) in [5, 5.41) is 3.44. The van der Waals surface area contributed by atoms with E-state index in [4.69, 9.17) is 11.6 Å². The number of anilines is 1. The molecule has 2 aliphatic rings. The molecule has 1 atom stereocenters. The van der Waals surface area contributed by atoms with E-state index in [1.807, 2.05) is 25.1 Å². The number of piperidine rings is 1. The average Bonchev–Trinajstić information content (AvgIpc) is 3.15. The SMILES string of the molecule is CC(=O)N1CCC2(CC1)c1cc(C(=O)NCc3ccccc3Cl)ccc1N(S(=O)(=O)c1ccccc1F)C2C. The summed E-state index contributed by atoms with van der Waals surface area (Å²) in [5.41, 5.74) is 1.63. The Morgan fingerprint density at radius 3 is 2.38 bits per heavy atom. The van der Waals surface area contributed by atoms with Crippen molar-refractivity contribution in [1.82, 2.24) is 10.2 Å². The molecule has 0 radical (unpaired) electrons. The van der Waals surface area contributed by atoms with Crippen LogP contribution in [0.3, 0.4) is 0 Å². The van der Waals surface area contributed by atoms with Crippen LogP contribution in [0.2, 0.25) is 5.02 Å². The number of hydrogen-bond donors (Lipinski definition) is 1. The number of halogens is 2. The number of amides is 2. The fourth-order valence-corrected chi connectivity index (χ4v) is 7.87. The van der Waals surface area contributed by atoms with E-state index in [2.05, 4.69) is 5.32 Å². The normalized spacial score (nSPS) is 18.2. The molecule has 1 fully saturated rings. The summed E-state index contributed by atoms with van der Waals surface area (Å²) < 4.78 is 43.7. The molecule has 204 valence electrons. The van der Waals surface area contributed by atoms with Crippen molar-refractivity contribution in [3.8, 4) is 0 Å². The van der Waals surface area contributed by atoms with E-state index < -0.39 is 32.2 Å². The predicted molar refractivity (Wildman–Crippen MR) is 148 cm³/mol. The lowest BCUT2D eigenvalue weighted by molar-refractivity contribution is -0.130. The molecule has 5 rings (SSSR count). The molecule has 1 N–H and O–H groups in total. The molecule has 1 unspecified atom stereocenters. The van der Waals surface area contributed by atoms with Gasteiger partial charge in [0.15, 0.2) is 0 Å². The van der Waals surface area contributed by atoms with Gasteiger partial charge in [-0.1, -0.05) is 41.9 Å². The minimum absolute atomic E-state index is 0.0424. The van der Waals surface area contributed by atoms with Crippen molar-refractivity contribution in [3.63, 3.8) is 0 Å². The van der Waals surface area contributed by atoms with Gasteiger partial charge in [0.05, 0.1) is 11.7 Å². The van der Waals surface area contributed by atoms with Crippen LogP contribution >= 0.6 is 11.6 Å². The molecule has 0 aromatic heterocycles. The Balaban J connectivity index is 1.55. The van der Waals surface area contributed by atoms with Gasteiger partial charge in [-0.25, -0.2) is 12.8 Å². The highest BCUT2D eigenvalue weighted by Crippen LogP contribution is 2.53. The fraction of sp³-hybridized carbons (Fsp3) is 0.310. The highest BCUT2D eigenvalue weighted by Gasteiger charge is 2.54. The van der Waals surface area contributed by atoms with E-state index in [0.29, 0.717) is 47.8 Å². The maximum Gasteiger partial charge on any atom is 0.267 e. The van der Waals surface area contributed by atoms with Crippen LogP contribution in [-0.2, 0) is 26.8 Å². The van der Waals surface area contributed by atoms with E-state index in [1.54, 1.807) is 29.2 Å². The molecule has 10 heteroatoms. The Labute approximate surface area is 232 Å². The molecule has 1 saturated heterocycles. The quantitative estimate of drug-likeness (QED) is 0.474. The van der Waals surface area contributed by atoms with Crippen LogP contribution in [-0.4, -0.2) is 44.3 Å². The summed E-state index contributed by atoms with van der Waals surface area (Å²) in [6, 6.07) is 17.0. The first-order valence-electron chi connectivity index (χ1n) is 12.8. The smallest absolute Gasteiger partial charge is 0.267 e. The number of carbonyl (C=O) groups is 2. The van der Waals surface area contributed by atoms with Gasteiger partial charge in [-0.15, -0.1) is 0 Å². The summed E-state index contributed by atoms with van der Waals surface area (Å²) in [4.78, 5) is 26.6. The highest BCUT2D eigenvalue weighted by atomic mass is 35.5. The average molecular weight is 570 g/mol. The van der Waals surface area contributed by atoms with Crippen molar-refractivity contribution >= 4 is 39.1 Å². The van der Waals surface area contributed by atoms with Gasteiger partial charge in [-0.3, -0.25) is 13.9 Å². The van der Waals surface area contributed by atoms with Gasteiger partial charge < -0.3 is 10.2 Å². The maximum atomic E-state index is 14.7. The zero-order chi connectivity index (χ0) is 27.9.